The molecule has 0 aliphatic heterocycles. The zero-order valence-electron chi connectivity index (χ0n) is 6.64. The molecule has 1 heterocycles. The maximum absolute atomic E-state index is 11.9. The molecule has 0 spiro atoms. The number of hydrogen-bond acceptors (Lipinski definition) is 2. The third-order valence-electron chi connectivity index (χ3n) is 1.58. The first-order valence-electron chi connectivity index (χ1n) is 3.86. The Balaban J connectivity index is 2.62. The number of hydrogen-bond donors (Lipinski definition) is 0. The third-order valence-corrected chi connectivity index (χ3v) is 1.58. The second-order valence-corrected chi connectivity index (χ2v) is 2.48. The van der Waals surface area contributed by atoms with Gasteiger partial charge in [0.25, 0.3) is 0 Å². The molecule has 0 aliphatic rings. The summed E-state index contributed by atoms with van der Waals surface area (Å²) in [5.41, 5.74) is 1.82. The van der Waals surface area contributed by atoms with E-state index in [1.165, 1.54) is 0 Å². The van der Waals surface area contributed by atoms with Crippen LogP contribution in [0.3, 0.4) is 0 Å². The number of aryl methyl sites for hydroxylation is 2. The fourth-order valence-corrected chi connectivity index (χ4v) is 1.05. The van der Waals surface area contributed by atoms with Crippen molar-refractivity contribution in [2.45, 2.75) is 26.2 Å². The van der Waals surface area contributed by atoms with Crippen LogP contribution in [-0.2, 0) is 12.8 Å². The molecule has 3 heteroatoms. The van der Waals surface area contributed by atoms with Crippen LogP contribution >= 0.6 is 0 Å². The van der Waals surface area contributed by atoms with Crippen molar-refractivity contribution in [3.8, 4) is 0 Å². The van der Waals surface area contributed by atoms with Gasteiger partial charge in [-0.25, -0.2) is 0 Å². The summed E-state index contributed by atoms with van der Waals surface area (Å²) in [6.45, 7) is 1.72. The molecule has 2 nitrogen and oxygen atoms in total. The Bertz CT molecular complexity index is 189. The summed E-state index contributed by atoms with van der Waals surface area (Å²) in [6.07, 6.45) is 3.96. The highest BCUT2D eigenvalue weighted by Gasteiger charge is 2.05. The number of nitrogens with zero attached hydrogens (tertiary/aromatic N) is 1. The monoisotopic (exact) mass is 157 g/mol. The summed E-state index contributed by atoms with van der Waals surface area (Å²) in [7, 11) is 0. The fourth-order valence-electron chi connectivity index (χ4n) is 1.05. The maximum atomic E-state index is 11.9. The lowest BCUT2D eigenvalue weighted by Gasteiger charge is -1.93. The summed E-state index contributed by atoms with van der Waals surface area (Å²) in [5, 5.41) is 3.71. The van der Waals surface area contributed by atoms with E-state index in [4.69, 9.17) is 4.52 Å². The third kappa shape index (κ3) is 2.03. The predicted molar refractivity (Wildman–Crippen MR) is 40.2 cm³/mol. The minimum Gasteiger partial charge on any atom is -0.364 e. The van der Waals surface area contributed by atoms with Crippen molar-refractivity contribution in [1.82, 2.24) is 5.16 Å². The summed E-state index contributed by atoms with van der Waals surface area (Å²) in [5.74, 6) is 0. The average Bonchev–Trinajstić information content (AvgIpc) is 2.39. The highest BCUT2D eigenvalue weighted by molar-refractivity contribution is 5.14. The largest absolute Gasteiger partial charge is 0.364 e. The first kappa shape index (κ1) is 8.24. The van der Waals surface area contributed by atoms with Gasteiger partial charge in [0.15, 0.2) is 0 Å². The van der Waals surface area contributed by atoms with Crippen LogP contribution < -0.4 is 0 Å². The number of aromatic nitrogens is 1. The van der Waals surface area contributed by atoms with Crippen LogP contribution in [0.15, 0.2) is 10.8 Å². The van der Waals surface area contributed by atoms with Gasteiger partial charge in [-0.3, -0.25) is 4.39 Å². The quantitative estimate of drug-likeness (QED) is 0.669. The van der Waals surface area contributed by atoms with E-state index >= 15 is 0 Å². The lowest BCUT2D eigenvalue weighted by atomic mass is 10.1. The smallest absolute Gasteiger partial charge is 0.127 e. The molecule has 0 saturated carbocycles. The van der Waals surface area contributed by atoms with Crippen LogP contribution in [-0.4, -0.2) is 11.8 Å². The summed E-state index contributed by atoms with van der Waals surface area (Å²) < 4.78 is 16.6. The van der Waals surface area contributed by atoms with Gasteiger partial charge in [-0.1, -0.05) is 18.5 Å². The average molecular weight is 157 g/mol. The van der Waals surface area contributed by atoms with Crippen molar-refractivity contribution < 1.29 is 8.91 Å². The highest BCUT2D eigenvalue weighted by Crippen LogP contribution is 2.09. The van der Waals surface area contributed by atoms with Crippen molar-refractivity contribution >= 4 is 0 Å². The molecule has 0 aromatic carbocycles. The van der Waals surface area contributed by atoms with Gasteiger partial charge in [0, 0.05) is 12.0 Å². The molecule has 0 bridgehead atoms. The molecule has 1 aromatic heterocycles. The molecule has 0 saturated heterocycles. The first-order chi connectivity index (χ1) is 5.38. The fraction of sp³-hybridized carbons (Fsp3) is 0.625. The van der Waals surface area contributed by atoms with E-state index in [0.29, 0.717) is 6.42 Å². The summed E-state index contributed by atoms with van der Waals surface area (Å²) in [4.78, 5) is 0. The Morgan fingerprint density at radius 1 is 1.55 bits per heavy atom. The Hall–Kier alpha value is -0.860. The van der Waals surface area contributed by atoms with Crippen molar-refractivity contribution in [3.63, 3.8) is 0 Å². The van der Waals surface area contributed by atoms with Crippen LogP contribution in [0.5, 0.6) is 0 Å². The highest BCUT2D eigenvalue weighted by atomic mass is 19.1. The van der Waals surface area contributed by atoms with Gasteiger partial charge in [-0.05, 0) is 6.42 Å². The molecule has 0 N–H and O–H groups in total. The molecule has 0 aliphatic carbocycles. The zero-order chi connectivity index (χ0) is 8.10. The second-order valence-electron chi connectivity index (χ2n) is 2.48. The Kier molecular flexibility index (Phi) is 3.08. The molecule has 1 rings (SSSR count). The van der Waals surface area contributed by atoms with E-state index in [9.17, 15) is 4.39 Å². The lowest BCUT2D eigenvalue weighted by molar-refractivity contribution is 0.403. The molecule has 0 amide bonds. The topological polar surface area (TPSA) is 26.0 Å². The molecule has 0 fully saturated rings. The zero-order valence-corrected chi connectivity index (χ0v) is 6.64. The standard InChI is InChI=1S/C8H12FNO/c1-2-3-7-6-11-10-8(7)4-5-9/h6H,2-5H2,1H3. The van der Waals surface area contributed by atoms with Gasteiger partial charge in [-0.15, -0.1) is 0 Å². The minimum atomic E-state index is -0.358. The van der Waals surface area contributed by atoms with Crippen LogP contribution in [0.25, 0.3) is 0 Å². The predicted octanol–water partition coefficient (Wildman–Crippen LogP) is 2.14. The summed E-state index contributed by atoms with van der Waals surface area (Å²) >= 11 is 0. The molecular formula is C8H12FNO. The van der Waals surface area contributed by atoms with Crippen LogP contribution in [0, 0.1) is 0 Å². The van der Waals surface area contributed by atoms with Crippen molar-refractivity contribution in [2.24, 2.45) is 0 Å². The molecule has 0 unspecified atom stereocenters. The van der Waals surface area contributed by atoms with Crippen LogP contribution in [0.2, 0.25) is 0 Å². The lowest BCUT2D eigenvalue weighted by Crippen LogP contribution is -1.92. The Labute approximate surface area is 65.4 Å². The van der Waals surface area contributed by atoms with E-state index in [1.807, 2.05) is 0 Å². The van der Waals surface area contributed by atoms with Crippen molar-refractivity contribution in [2.75, 3.05) is 6.67 Å². The van der Waals surface area contributed by atoms with E-state index in [1.54, 1.807) is 6.26 Å². The Morgan fingerprint density at radius 2 is 2.36 bits per heavy atom. The van der Waals surface area contributed by atoms with E-state index in [0.717, 1.165) is 24.1 Å². The van der Waals surface area contributed by atoms with Gasteiger partial charge < -0.3 is 4.52 Å². The van der Waals surface area contributed by atoms with Gasteiger partial charge in [0.05, 0.1) is 12.4 Å². The van der Waals surface area contributed by atoms with Gasteiger partial charge in [-0.2, -0.15) is 0 Å². The molecule has 11 heavy (non-hydrogen) atoms. The van der Waals surface area contributed by atoms with Crippen molar-refractivity contribution in [3.05, 3.63) is 17.5 Å². The van der Waals surface area contributed by atoms with Crippen LogP contribution in [0.1, 0.15) is 24.6 Å². The number of alkyl halides is 1. The molecule has 62 valence electrons. The number of halogens is 1. The maximum Gasteiger partial charge on any atom is 0.127 e. The van der Waals surface area contributed by atoms with Crippen LogP contribution in [0.4, 0.5) is 4.39 Å². The SMILES string of the molecule is CCCc1conc1CCF. The van der Waals surface area contributed by atoms with Gasteiger partial charge in [0.2, 0.25) is 0 Å². The molecule has 0 radical (unpaired) electrons. The van der Waals surface area contributed by atoms with Crippen molar-refractivity contribution in [1.29, 1.82) is 0 Å². The van der Waals surface area contributed by atoms with E-state index in [-0.39, 0.29) is 6.67 Å². The molecule has 1 aromatic rings. The van der Waals surface area contributed by atoms with Gasteiger partial charge in [0.1, 0.15) is 6.26 Å². The second kappa shape index (κ2) is 4.11. The first-order valence-corrected chi connectivity index (χ1v) is 3.86. The molecular weight excluding hydrogens is 145 g/mol. The summed E-state index contributed by atoms with van der Waals surface area (Å²) in [6, 6.07) is 0. The molecule has 0 atom stereocenters. The Morgan fingerprint density at radius 3 is 3.00 bits per heavy atom. The minimum absolute atomic E-state index is 0.358. The van der Waals surface area contributed by atoms with Gasteiger partial charge >= 0.3 is 0 Å². The normalized spacial score (nSPS) is 10.4. The van der Waals surface area contributed by atoms with E-state index < -0.39 is 0 Å². The number of rotatable bonds is 4. The van der Waals surface area contributed by atoms with E-state index in [2.05, 4.69) is 12.1 Å².